The zero-order valence-electron chi connectivity index (χ0n) is 13.3. The van der Waals surface area contributed by atoms with Crippen molar-refractivity contribution in [2.45, 2.75) is 75.1 Å². The molecule has 4 bridgehead atoms. The lowest BCUT2D eigenvalue weighted by Gasteiger charge is -2.62. The van der Waals surface area contributed by atoms with E-state index in [2.05, 4.69) is 5.32 Å². The van der Waals surface area contributed by atoms with Crippen molar-refractivity contribution >= 4 is 11.8 Å². The summed E-state index contributed by atoms with van der Waals surface area (Å²) in [7, 11) is 0. The molecule has 2 N–H and O–H groups in total. The minimum absolute atomic E-state index is 0.0598. The number of hydrogen-bond donors (Lipinski definition) is 2. The summed E-state index contributed by atoms with van der Waals surface area (Å²) in [5.74, 6) is 1.86. The van der Waals surface area contributed by atoms with E-state index in [0.29, 0.717) is 30.2 Å². The van der Waals surface area contributed by atoms with E-state index in [1.54, 1.807) is 0 Å². The van der Waals surface area contributed by atoms with Crippen molar-refractivity contribution in [3.8, 4) is 0 Å². The van der Waals surface area contributed by atoms with Gasteiger partial charge in [-0.05, 0) is 69.1 Å². The van der Waals surface area contributed by atoms with Gasteiger partial charge in [0.25, 0.3) is 0 Å². The fraction of sp³-hybridized carbons (Fsp3) is 0.889. The Morgan fingerprint density at radius 3 is 2.48 bits per heavy atom. The van der Waals surface area contributed by atoms with Crippen molar-refractivity contribution < 1.29 is 14.7 Å². The molecular formula is C18H24N2O3. The molecule has 7 fully saturated rings. The van der Waals surface area contributed by atoms with Crippen molar-refractivity contribution in [1.29, 1.82) is 0 Å². The Hall–Kier alpha value is -1.10. The van der Waals surface area contributed by atoms with Crippen LogP contribution in [0.1, 0.15) is 51.4 Å². The zero-order chi connectivity index (χ0) is 15.6. The van der Waals surface area contributed by atoms with Gasteiger partial charge in [0, 0.05) is 11.5 Å². The largest absolute Gasteiger partial charge is 0.390 e. The van der Waals surface area contributed by atoms with Gasteiger partial charge < -0.3 is 15.3 Å². The van der Waals surface area contributed by atoms with Gasteiger partial charge in [0.05, 0.1) is 5.60 Å². The van der Waals surface area contributed by atoms with Gasteiger partial charge in [-0.15, -0.1) is 0 Å². The molecule has 2 amide bonds. The van der Waals surface area contributed by atoms with Gasteiger partial charge in [-0.25, -0.2) is 0 Å². The molecule has 0 aromatic rings. The van der Waals surface area contributed by atoms with Crippen LogP contribution in [-0.2, 0) is 9.59 Å². The molecule has 5 nitrogen and oxygen atoms in total. The molecule has 5 saturated carbocycles. The number of piperidine rings is 1. The van der Waals surface area contributed by atoms with E-state index in [4.69, 9.17) is 0 Å². The van der Waals surface area contributed by atoms with Gasteiger partial charge in [0.1, 0.15) is 12.1 Å². The summed E-state index contributed by atoms with van der Waals surface area (Å²) < 4.78 is 0. The van der Waals surface area contributed by atoms with Crippen molar-refractivity contribution in [2.24, 2.45) is 23.2 Å². The lowest BCUT2D eigenvalue weighted by Crippen LogP contribution is -2.71. The molecule has 7 rings (SSSR count). The molecule has 7 aliphatic rings. The number of nitrogens with zero attached hydrogens (tertiary/aromatic N) is 1. The normalized spacial score (nSPS) is 58.9. The molecule has 5 heteroatoms. The highest BCUT2D eigenvalue weighted by Gasteiger charge is 2.66. The summed E-state index contributed by atoms with van der Waals surface area (Å²) in [6.45, 7) is 0. The summed E-state index contributed by atoms with van der Waals surface area (Å²) in [6, 6.07) is -0.263. The zero-order valence-corrected chi connectivity index (χ0v) is 13.3. The Kier molecular flexibility index (Phi) is 2.16. The van der Waals surface area contributed by atoms with Crippen LogP contribution in [-0.4, -0.2) is 45.5 Å². The second-order valence-corrected chi connectivity index (χ2v) is 9.55. The maximum atomic E-state index is 13.2. The number of amides is 2. The lowest BCUT2D eigenvalue weighted by molar-refractivity contribution is -0.186. The molecule has 23 heavy (non-hydrogen) atoms. The smallest absolute Gasteiger partial charge is 0.246 e. The van der Waals surface area contributed by atoms with Crippen molar-refractivity contribution in [1.82, 2.24) is 10.2 Å². The fourth-order valence-electron chi connectivity index (χ4n) is 7.49. The molecule has 5 aliphatic carbocycles. The first-order valence-corrected chi connectivity index (χ1v) is 9.31. The topological polar surface area (TPSA) is 69.6 Å². The Labute approximate surface area is 135 Å². The van der Waals surface area contributed by atoms with E-state index in [9.17, 15) is 14.7 Å². The fourth-order valence-corrected chi connectivity index (χ4v) is 7.49. The molecule has 8 atom stereocenters. The van der Waals surface area contributed by atoms with Crippen LogP contribution in [0.15, 0.2) is 0 Å². The maximum absolute atomic E-state index is 13.2. The number of carbonyl (C=O) groups excluding carboxylic acids is 2. The number of fused-ring (bicyclic) bond motifs is 3. The molecule has 2 heterocycles. The predicted octanol–water partition coefficient (Wildman–Crippen LogP) is 0.805. The van der Waals surface area contributed by atoms with Crippen LogP contribution >= 0.6 is 0 Å². The summed E-state index contributed by atoms with van der Waals surface area (Å²) in [6.07, 6.45) is 7.67. The van der Waals surface area contributed by atoms with Crippen LogP contribution in [0.25, 0.3) is 0 Å². The highest BCUT2D eigenvalue weighted by molar-refractivity contribution is 5.98. The average Bonchev–Trinajstić information content (AvgIpc) is 3.10. The SMILES string of the molecule is O=C1N[C@@H](C23C[C@@H]4C[C@@H](CC(O)(C4)C2)C3)C(=O)N2[C@@H]1C[C@@H]1C[C@@H]12. The highest BCUT2D eigenvalue weighted by atomic mass is 16.3. The van der Waals surface area contributed by atoms with Crippen LogP contribution in [0.4, 0.5) is 0 Å². The molecule has 2 saturated heterocycles. The minimum Gasteiger partial charge on any atom is -0.390 e. The van der Waals surface area contributed by atoms with Gasteiger partial charge in [0.15, 0.2) is 0 Å². The number of piperazine rings is 1. The van der Waals surface area contributed by atoms with Gasteiger partial charge in [-0.1, -0.05) is 0 Å². The van der Waals surface area contributed by atoms with Crippen LogP contribution in [0.3, 0.4) is 0 Å². The third-order valence-corrected chi connectivity index (χ3v) is 7.88. The Morgan fingerprint density at radius 2 is 1.78 bits per heavy atom. The summed E-state index contributed by atoms with van der Waals surface area (Å²) >= 11 is 0. The van der Waals surface area contributed by atoms with Gasteiger partial charge in [0.2, 0.25) is 11.8 Å². The molecule has 124 valence electrons. The Bertz CT molecular complexity index is 618. The quantitative estimate of drug-likeness (QED) is 0.752. The Morgan fingerprint density at radius 1 is 1.04 bits per heavy atom. The first-order valence-electron chi connectivity index (χ1n) is 9.31. The second-order valence-electron chi connectivity index (χ2n) is 9.55. The number of rotatable bonds is 1. The van der Waals surface area contributed by atoms with E-state index < -0.39 is 5.60 Å². The van der Waals surface area contributed by atoms with E-state index >= 15 is 0 Å². The molecular weight excluding hydrogens is 292 g/mol. The first kappa shape index (κ1) is 13.2. The minimum atomic E-state index is -0.584. The Balaban J connectivity index is 1.39. The number of carbonyl (C=O) groups is 2. The van der Waals surface area contributed by atoms with Gasteiger partial charge >= 0.3 is 0 Å². The number of nitrogens with one attached hydrogen (secondary N) is 1. The number of aliphatic hydroxyl groups is 1. The standard InChI is InChI=1S/C18H24N2O3/c21-15-13-3-11-2-12(11)20(13)16(22)14(19-15)17-4-9-1-10(5-17)7-18(23,6-9)8-17/h9-14,23H,1-8H2,(H,19,21)/t9-,10+,11-,12-,13+,14+,17?,18?/m0/s1. The molecule has 0 spiro atoms. The molecule has 0 radical (unpaired) electrons. The maximum Gasteiger partial charge on any atom is 0.246 e. The van der Waals surface area contributed by atoms with Crippen LogP contribution in [0.5, 0.6) is 0 Å². The molecule has 0 aromatic carbocycles. The van der Waals surface area contributed by atoms with Gasteiger partial charge in [-0.2, -0.15) is 0 Å². The molecule has 2 aliphatic heterocycles. The van der Waals surface area contributed by atoms with Crippen LogP contribution in [0, 0.1) is 23.2 Å². The second kappa shape index (κ2) is 3.76. The third-order valence-electron chi connectivity index (χ3n) is 7.88. The molecule has 2 unspecified atom stereocenters. The van der Waals surface area contributed by atoms with E-state index in [0.717, 1.165) is 38.5 Å². The predicted molar refractivity (Wildman–Crippen MR) is 81.1 cm³/mol. The number of hydrogen-bond acceptors (Lipinski definition) is 3. The van der Waals surface area contributed by atoms with Crippen molar-refractivity contribution in [3.05, 3.63) is 0 Å². The van der Waals surface area contributed by atoms with E-state index in [1.807, 2.05) is 4.90 Å². The van der Waals surface area contributed by atoms with E-state index in [1.165, 1.54) is 6.42 Å². The summed E-state index contributed by atoms with van der Waals surface area (Å²) in [5, 5.41) is 14.1. The first-order chi connectivity index (χ1) is 11.0. The average molecular weight is 316 g/mol. The van der Waals surface area contributed by atoms with Gasteiger partial charge in [-0.3, -0.25) is 9.59 Å². The molecule has 0 aromatic heterocycles. The summed E-state index contributed by atoms with van der Waals surface area (Å²) in [4.78, 5) is 27.8. The van der Waals surface area contributed by atoms with Crippen LogP contribution < -0.4 is 5.32 Å². The van der Waals surface area contributed by atoms with Crippen LogP contribution in [0.2, 0.25) is 0 Å². The summed E-state index contributed by atoms with van der Waals surface area (Å²) in [5.41, 5.74) is -0.775. The van der Waals surface area contributed by atoms with Crippen molar-refractivity contribution in [3.63, 3.8) is 0 Å². The van der Waals surface area contributed by atoms with Crippen molar-refractivity contribution in [2.75, 3.05) is 0 Å². The van der Waals surface area contributed by atoms with E-state index in [-0.39, 0.29) is 29.3 Å². The highest BCUT2D eigenvalue weighted by Crippen LogP contribution is 2.63. The third kappa shape index (κ3) is 1.57. The lowest BCUT2D eigenvalue weighted by atomic mass is 9.46. The monoisotopic (exact) mass is 316 g/mol.